The highest BCUT2D eigenvalue weighted by molar-refractivity contribution is 9.10. The Morgan fingerprint density at radius 2 is 2.00 bits per heavy atom. The zero-order valence-corrected chi connectivity index (χ0v) is 13.6. The number of pyridine rings is 1. The van der Waals surface area contributed by atoms with Gasteiger partial charge in [-0.1, -0.05) is 0 Å². The molecule has 0 aliphatic carbocycles. The summed E-state index contributed by atoms with van der Waals surface area (Å²) in [6, 6.07) is 10.4. The largest absolute Gasteiger partial charge is 0.494 e. The Hall–Kier alpha value is -1.53. The van der Waals surface area contributed by atoms with E-state index in [1.165, 1.54) is 12.1 Å². The molecule has 0 unspecified atom stereocenters. The first-order valence-electron chi connectivity index (χ1n) is 6.35. The molecule has 0 saturated heterocycles. The zero-order chi connectivity index (χ0) is 15.1. The van der Waals surface area contributed by atoms with Gasteiger partial charge in [-0.05, 0) is 58.7 Å². The maximum atomic E-state index is 10.7. The van der Waals surface area contributed by atoms with Gasteiger partial charge in [0.15, 0.2) is 0 Å². The van der Waals surface area contributed by atoms with Crippen molar-refractivity contribution in [1.82, 2.24) is 4.98 Å². The second kappa shape index (κ2) is 8.05. The third-order valence-electron chi connectivity index (χ3n) is 2.61. The van der Waals surface area contributed by atoms with Crippen LogP contribution in [-0.4, -0.2) is 28.4 Å². The summed E-state index contributed by atoms with van der Waals surface area (Å²) < 4.78 is 6.54. The minimum atomic E-state index is -0.931. The maximum absolute atomic E-state index is 10.7. The van der Waals surface area contributed by atoms with E-state index in [4.69, 9.17) is 9.84 Å². The van der Waals surface area contributed by atoms with Crippen molar-refractivity contribution in [3.05, 3.63) is 52.6 Å². The molecular weight excluding hydrogens is 354 g/mol. The van der Waals surface area contributed by atoms with Gasteiger partial charge in [0.05, 0.1) is 17.2 Å². The van der Waals surface area contributed by atoms with Gasteiger partial charge in [0.1, 0.15) is 5.75 Å². The van der Waals surface area contributed by atoms with E-state index in [0.717, 1.165) is 21.7 Å². The van der Waals surface area contributed by atoms with E-state index in [0.29, 0.717) is 12.4 Å². The molecule has 1 heterocycles. The van der Waals surface area contributed by atoms with Gasteiger partial charge in [-0.15, -0.1) is 11.8 Å². The number of halogens is 1. The summed E-state index contributed by atoms with van der Waals surface area (Å²) in [5.74, 6) is 0.675. The van der Waals surface area contributed by atoms with E-state index < -0.39 is 5.97 Å². The van der Waals surface area contributed by atoms with Gasteiger partial charge in [-0.25, -0.2) is 9.78 Å². The Morgan fingerprint density at radius 3 is 2.62 bits per heavy atom. The molecule has 0 amide bonds. The number of hydrogen-bond acceptors (Lipinski definition) is 4. The van der Waals surface area contributed by atoms with Crippen molar-refractivity contribution in [2.75, 3.05) is 12.4 Å². The monoisotopic (exact) mass is 367 g/mol. The molecular formula is C15H14BrNO3S. The van der Waals surface area contributed by atoms with Crippen LogP contribution in [0.15, 0.2) is 52.1 Å². The third-order valence-corrected chi connectivity index (χ3v) is 4.11. The normalized spacial score (nSPS) is 10.3. The van der Waals surface area contributed by atoms with Gasteiger partial charge in [0.25, 0.3) is 0 Å². The number of nitrogens with zero attached hydrogens (tertiary/aromatic N) is 1. The Balaban J connectivity index is 1.67. The fraction of sp³-hybridized carbons (Fsp3) is 0.200. The number of aromatic carboxylic acids is 1. The molecule has 0 aliphatic heterocycles. The van der Waals surface area contributed by atoms with Crippen LogP contribution in [0.3, 0.4) is 0 Å². The minimum Gasteiger partial charge on any atom is -0.494 e. The smallest absolute Gasteiger partial charge is 0.335 e. The van der Waals surface area contributed by atoms with Crippen LogP contribution in [0, 0.1) is 0 Å². The van der Waals surface area contributed by atoms with Crippen LogP contribution in [0.2, 0.25) is 0 Å². The highest BCUT2D eigenvalue weighted by Gasteiger charge is 2.02. The number of carboxylic acids is 1. The Bertz CT molecular complexity index is 587. The van der Waals surface area contributed by atoms with Gasteiger partial charge in [0, 0.05) is 16.4 Å². The zero-order valence-electron chi connectivity index (χ0n) is 11.2. The van der Waals surface area contributed by atoms with Crippen LogP contribution < -0.4 is 4.74 Å². The molecule has 0 atom stereocenters. The van der Waals surface area contributed by atoms with Crippen LogP contribution in [0.5, 0.6) is 5.75 Å². The van der Waals surface area contributed by atoms with E-state index in [2.05, 4.69) is 20.9 Å². The predicted molar refractivity (Wildman–Crippen MR) is 86.2 cm³/mol. The number of benzene rings is 1. The minimum absolute atomic E-state index is 0.263. The Labute approximate surface area is 135 Å². The predicted octanol–water partition coefficient (Wildman–Crippen LogP) is 4.10. The van der Waals surface area contributed by atoms with Crippen LogP contribution in [-0.2, 0) is 0 Å². The lowest BCUT2D eigenvalue weighted by molar-refractivity contribution is 0.0697. The van der Waals surface area contributed by atoms with Gasteiger partial charge in [-0.2, -0.15) is 0 Å². The number of aromatic nitrogens is 1. The summed E-state index contributed by atoms with van der Waals surface area (Å²) in [5, 5.41) is 9.78. The number of thioether (sulfide) groups is 1. The fourth-order valence-electron chi connectivity index (χ4n) is 1.57. The maximum Gasteiger partial charge on any atom is 0.335 e. The van der Waals surface area contributed by atoms with E-state index >= 15 is 0 Å². The summed E-state index contributed by atoms with van der Waals surface area (Å²) >= 11 is 5.03. The Kier molecular flexibility index (Phi) is 6.07. The third kappa shape index (κ3) is 5.40. The number of carbonyl (C=O) groups is 1. The molecule has 0 fully saturated rings. The number of hydrogen-bond donors (Lipinski definition) is 1. The summed E-state index contributed by atoms with van der Waals surface area (Å²) in [7, 11) is 0. The molecule has 0 aliphatic rings. The lowest BCUT2D eigenvalue weighted by Gasteiger charge is -2.06. The highest BCUT2D eigenvalue weighted by atomic mass is 79.9. The van der Waals surface area contributed by atoms with Gasteiger partial charge in [-0.3, -0.25) is 0 Å². The summed E-state index contributed by atoms with van der Waals surface area (Å²) in [5.41, 5.74) is 0.263. The average molecular weight is 368 g/mol. The first-order valence-corrected chi connectivity index (χ1v) is 8.13. The molecule has 6 heteroatoms. The van der Waals surface area contributed by atoms with Crippen LogP contribution >= 0.6 is 27.7 Å². The van der Waals surface area contributed by atoms with Crippen molar-refractivity contribution in [2.24, 2.45) is 0 Å². The highest BCUT2D eigenvalue weighted by Crippen LogP contribution is 2.18. The second-order valence-corrected chi connectivity index (χ2v) is 6.23. The number of rotatable bonds is 7. The first kappa shape index (κ1) is 15.9. The SMILES string of the molecule is O=C(O)c1ccc(OCCCSc2ccc(Br)cn2)cc1. The molecule has 110 valence electrons. The van der Waals surface area contributed by atoms with Crippen LogP contribution in [0.1, 0.15) is 16.8 Å². The van der Waals surface area contributed by atoms with Crippen molar-refractivity contribution < 1.29 is 14.6 Å². The van der Waals surface area contributed by atoms with Crippen molar-refractivity contribution in [1.29, 1.82) is 0 Å². The van der Waals surface area contributed by atoms with Crippen molar-refractivity contribution in [3.8, 4) is 5.75 Å². The molecule has 1 N–H and O–H groups in total. The van der Waals surface area contributed by atoms with Gasteiger partial charge < -0.3 is 9.84 Å². The van der Waals surface area contributed by atoms with Gasteiger partial charge in [0.2, 0.25) is 0 Å². The molecule has 0 radical (unpaired) electrons. The number of carboxylic acid groups (broad SMARTS) is 1. The van der Waals surface area contributed by atoms with Crippen molar-refractivity contribution in [2.45, 2.75) is 11.4 Å². The molecule has 4 nitrogen and oxygen atoms in total. The molecule has 1 aromatic carbocycles. The quantitative estimate of drug-likeness (QED) is 0.589. The van der Waals surface area contributed by atoms with Crippen molar-refractivity contribution in [3.63, 3.8) is 0 Å². The molecule has 0 saturated carbocycles. The molecule has 0 spiro atoms. The average Bonchev–Trinajstić information content (AvgIpc) is 2.49. The van der Waals surface area contributed by atoms with E-state index in [1.54, 1.807) is 30.1 Å². The second-order valence-electron chi connectivity index (χ2n) is 4.19. The standard InChI is InChI=1S/C15H14BrNO3S/c16-12-4-7-14(17-10-12)21-9-1-8-20-13-5-2-11(3-6-13)15(18)19/h2-7,10H,1,8-9H2,(H,18,19). The van der Waals surface area contributed by atoms with E-state index in [9.17, 15) is 4.79 Å². The lowest BCUT2D eigenvalue weighted by atomic mass is 10.2. The molecule has 21 heavy (non-hydrogen) atoms. The summed E-state index contributed by atoms with van der Waals surface area (Å²) in [6.45, 7) is 0.593. The number of ether oxygens (including phenoxy) is 1. The molecule has 0 bridgehead atoms. The fourth-order valence-corrected chi connectivity index (χ4v) is 2.56. The summed E-state index contributed by atoms with van der Waals surface area (Å²) in [4.78, 5) is 15.0. The van der Waals surface area contributed by atoms with Gasteiger partial charge >= 0.3 is 5.97 Å². The van der Waals surface area contributed by atoms with E-state index in [-0.39, 0.29) is 5.56 Å². The molecule has 2 aromatic rings. The van der Waals surface area contributed by atoms with Crippen molar-refractivity contribution >= 4 is 33.7 Å². The summed E-state index contributed by atoms with van der Waals surface area (Å²) in [6.07, 6.45) is 2.67. The van der Waals surface area contributed by atoms with E-state index in [1.807, 2.05) is 12.1 Å². The first-order chi connectivity index (χ1) is 10.1. The molecule has 1 aromatic heterocycles. The lowest BCUT2D eigenvalue weighted by Crippen LogP contribution is -2.00. The van der Waals surface area contributed by atoms with Crippen LogP contribution in [0.25, 0.3) is 0 Å². The Morgan fingerprint density at radius 1 is 1.24 bits per heavy atom. The topological polar surface area (TPSA) is 59.4 Å². The molecule has 2 rings (SSSR count). The van der Waals surface area contributed by atoms with Crippen LogP contribution in [0.4, 0.5) is 0 Å².